The van der Waals surface area contributed by atoms with E-state index < -0.39 is 10.0 Å². The van der Waals surface area contributed by atoms with Crippen molar-refractivity contribution in [1.82, 2.24) is 4.31 Å². The molecule has 2 aromatic rings. The Labute approximate surface area is 138 Å². The number of sulfonamides is 1. The summed E-state index contributed by atoms with van der Waals surface area (Å²) in [5, 5.41) is 1.23. The number of rotatable bonds is 6. The highest BCUT2D eigenvalue weighted by Crippen LogP contribution is 2.29. The molecule has 2 aromatic carbocycles. The minimum atomic E-state index is -3.53. The zero-order valence-corrected chi connectivity index (χ0v) is 14.3. The molecule has 23 heavy (non-hydrogen) atoms. The Morgan fingerprint density at radius 1 is 1.04 bits per heavy atom. The van der Waals surface area contributed by atoms with Crippen LogP contribution in [-0.4, -0.2) is 26.9 Å². The number of ether oxygens (including phenoxy) is 1. The topological polar surface area (TPSA) is 46.6 Å². The van der Waals surface area contributed by atoms with Gasteiger partial charge in [-0.15, -0.1) is 0 Å². The van der Waals surface area contributed by atoms with Crippen molar-refractivity contribution in [2.45, 2.75) is 13.0 Å². The molecule has 2 rings (SSSR count). The summed E-state index contributed by atoms with van der Waals surface area (Å²) in [4.78, 5) is 0. The maximum Gasteiger partial charge on any atom is 0.236 e. The van der Waals surface area contributed by atoms with Gasteiger partial charge in [0.05, 0.1) is 13.2 Å². The minimum Gasteiger partial charge on any atom is -0.496 e. The van der Waals surface area contributed by atoms with Crippen molar-refractivity contribution in [3.63, 3.8) is 0 Å². The van der Waals surface area contributed by atoms with Crippen LogP contribution in [-0.2, 0) is 10.0 Å². The van der Waals surface area contributed by atoms with Crippen molar-refractivity contribution in [1.29, 1.82) is 0 Å². The minimum absolute atomic E-state index is 0.337. The van der Waals surface area contributed by atoms with Gasteiger partial charge in [0.25, 0.3) is 0 Å². The third kappa shape index (κ3) is 4.21. The van der Waals surface area contributed by atoms with Crippen LogP contribution in [0.1, 0.15) is 24.1 Å². The lowest BCUT2D eigenvalue weighted by molar-refractivity contribution is 0.370. The van der Waals surface area contributed by atoms with E-state index in [0.29, 0.717) is 5.75 Å². The van der Waals surface area contributed by atoms with Crippen LogP contribution in [0.25, 0.3) is 6.08 Å². The van der Waals surface area contributed by atoms with Crippen molar-refractivity contribution in [3.8, 4) is 5.75 Å². The SMILES string of the molecule is COc1ccccc1C(C)N(C)S(=O)(=O)/C=C/c1ccccc1. The number of methoxy groups -OCH3 is 1. The summed E-state index contributed by atoms with van der Waals surface area (Å²) in [6, 6.07) is 16.4. The average molecular weight is 331 g/mol. The van der Waals surface area contributed by atoms with Crippen molar-refractivity contribution < 1.29 is 13.2 Å². The maximum atomic E-state index is 12.5. The second-order valence-corrected chi connectivity index (χ2v) is 7.07. The molecule has 1 unspecified atom stereocenters. The quantitative estimate of drug-likeness (QED) is 0.811. The first-order chi connectivity index (χ1) is 11.0. The average Bonchev–Trinajstić information content (AvgIpc) is 2.59. The number of nitrogens with zero attached hydrogens (tertiary/aromatic N) is 1. The van der Waals surface area contributed by atoms with E-state index in [-0.39, 0.29) is 6.04 Å². The third-order valence-electron chi connectivity index (χ3n) is 3.77. The van der Waals surface area contributed by atoms with E-state index in [4.69, 9.17) is 4.74 Å². The van der Waals surface area contributed by atoms with Gasteiger partial charge in [0.2, 0.25) is 10.0 Å². The van der Waals surface area contributed by atoms with E-state index in [1.54, 1.807) is 20.2 Å². The summed E-state index contributed by atoms with van der Waals surface area (Å²) < 4.78 is 31.7. The largest absolute Gasteiger partial charge is 0.496 e. The number of hydrogen-bond donors (Lipinski definition) is 0. The molecule has 122 valence electrons. The Morgan fingerprint density at radius 3 is 2.30 bits per heavy atom. The lowest BCUT2D eigenvalue weighted by atomic mass is 10.1. The molecule has 0 radical (unpaired) electrons. The molecular formula is C18H21NO3S. The zero-order valence-electron chi connectivity index (χ0n) is 13.5. The fourth-order valence-electron chi connectivity index (χ4n) is 2.25. The Morgan fingerprint density at radius 2 is 1.65 bits per heavy atom. The summed E-state index contributed by atoms with van der Waals surface area (Å²) in [5.74, 6) is 0.675. The van der Waals surface area contributed by atoms with Gasteiger partial charge in [-0.1, -0.05) is 48.5 Å². The Hall–Kier alpha value is -2.11. The van der Waals surface area contributed by atoms with Crippen LogP contribution in [0.2, 0.25) is 0 Å². The first kappa shape index (κ1) is 17.2. The molecule has 0 aliphatic heterocycles. The fraction of sp³-hybridized carbons (Fsp3) is 0.222. The highest BCUT2D eigenvalue weighted by Gasteiger charge is 2.24. The van der Waals surface area contributed by atoms with E-state index in [1.807, 2.05) is 61.5 Å². The maximum absolute atomic E-state index is 12.5. The van der Waals surface area contributed by atoms with Gasteiger partial charge >= 0.3 is 0 Å². The smallest absolute Gasteiger partial charge is 0.236 e. The van der Waals surface area contributed by atoms with E-state index >= 15 is 0 Å². The van der Waals surface area contributed by atoms with E-state index in [2.05, 4.69) is 0 Å². The molecule has 5 heteroatoms. The second-order valence-electron chi connectivity index (χ2n) is 5.19. The number of hydrogen-bond acceptors (Lipinski definition) is 3. The van der Waals surface area contributed by atoms with Crippen LogP contribution in [0.5, 0.6) is 5.75 Å². The van der Waals surface area contributed by atoms with Gasteiger partial charge in [-0.3, -0.25) is 0 Å². The molecule has 4 nitrogen and oxygen atoms in total. The van der Waals surface area contributed by atoms with Crippen LogP contribution >= 0.6 is 0 Å². The molecule has 0 bridgehead atoms. The molecule has 0 N–H and O–H groups in total. The van der Waals surface area contributed by atoms with Crippen LogP contribution < -0.4 is 4.74 Å². The van der Waals surface area contributed by atoms with Crippen molar-refractivity contribution in [2.75, 3.05) is 14.2 Å². The summed E-state index contributed by atoms with van der Waals surface area (Å²) in [6.07, 6.45) is 1.60. The first-order valence-corrected chi connectivity index (χ1v) is 8.80. The normalized spacial score (nSPS) is 13.4. The van der Waals surface area contributed by atoms with E-state index in [9.17, 15) is 8.42 Å². The van der Waals surface area contributed by atoms with E-state index in [1.165, 1.54) is 9.71 Å². The van der Waals surface area contributed by atoms with Crippen molar-refractivity contribution >= 4 is 16.1 Å². The standard InChI is InChI=1S/C18H21NO3S/c1-15(17-11-7-8-12-18(17)22-3)19(2)23(20,21)14-13-16-9-5-4-6-10-16/h4-15H,1-3H3/b14-13+. The molecule has 0 saturated carbocycles. The monoisotopic (exact) mass is 331 g/mol. The summed E-state index contributed by atoms with van der Waals surface area (Å²) in [5.41, 5.74) is 1.67. The summed E-state index contributed by atoms with van der Waals surface area (Å²) in [7, 11) is -0.384. The van der Waals surface area contributed by atoms with Gasteiger partial charge in [-0.05, 0) is 24.6 Å². The van der Waals surface area contributed by atoms with Gasteiger partial charge in [0, 0.05) is 18.0 Å². The highest BCUT2D eigenvalue weighted by atomic mass is 32.2. The molecule has 1 atom stereocenters. The molecule has 0 aliphatic carbocycles. The second kappa shape index (κ2) is 7.44. The lowest BCUT2D eigenvalue weighted by Crippen LogP contribution is -2.28. The number of benzene rings is 2. The molecule has 0 spiro atoms. The van der Waals surface area contributed by atoms with Gasteiger partial charge in [-0.2, -0.15) is 4.31 Å². The summed E-state index contributed by atoms with van der Waals surface area (Å²) >= 11 is 0. The van der Waals surface area contributed by atoms with Crippen molar-refractivity contribution in [2.24, 2.45) is 0 Å². The molecule has 0 fully saturated rings. The molecular weight excluding hydrogens is 310 g/mol. The van der Waals surface area contributed by atoms with Crippen LogP contribution in [0.3, 0.4) is 0 Å². The fourth-order valence-corrected chi connectivity index (χ4v) is 3.33. The van der Waals surface area contributed by atoms with E-state index in [0.717, 1.165) is 11.1 Å². The summed E-state index contributed by atoms with van der Waals surface area (Å²) in [6.45, 7) is 1.84. The molecule has 0 aromatic heterocycles. The Bertz CT molecular complexity index is 770. The van der Waals surface area contributed by atoms with Crippen LogP contribution in [0.4, 0.5) is 0 Å². The van der Waals surface area contributed by atoms with Crippen LogP contribution in [0.15, 0.2) is 60.0 Å². The molecule has 0 saturated heterocycles. The lowest BCUT2D eigenvalue weighted by Gasteiger charge is -2.24. The zero-order chi connectivity index (χ0) is 16.9. The Kier molecular flexibility index (Phi) is 5.58. The predicted octanol–water partition coefficient (Wildman–Crippen LogP) is 3.69. The molecule has 0 amide bonds. The molecule has 0 aliphatic rings. The third-order valence-corrected chi connectivity index (χ3v) is 5.37. The predicted molar refractivity (Wildman–Crippen MR) is 93.6 cm³/mol. The van der Waals surface area contributed by atoms with Gasteiger partial charge in [-0.25, -0.2) is 8.42 Å². The first-order valence-electron chi connectivity index (χ1n) is 7.30. The Balaban J connectivity index is 2.24. The van der Waals surface area contributed by atoms with Crippen molar-refractivity contribution in [3.05, 3.63) is 71.1 Å². The highest BCUT2D eigenvalue weighted by molar-refractivity contribution is 7.92. The molecule has 0 heterocycles. The van der Waals surface area contributed by atoms with Gasteiger partial charge in [0.1, 0.15) is 5.75 Å². The number of para-hydroxylation sites is 1. The van der Waals surface area contributed by atoms with Gasteiger partial charge in [0.15, 0.2) is 0 Å². The van der Waals surface area contributed by atoms with Gasteiger partial charge < -0.3 is 4.74 Å². The van der Waals surface area contributed by atoms with Crippen LogP contribution in [0, 0.1) is 0 Å².